The van der Waals surface area contributed by atoms with Crippen LogP contribution in [0.5, 0.6) is 0 Å². The molecule has 2 aromatic rings. The molecule has 2 fully saturated rings. The predicted molar refractivity (Wildman–Crippen MR) is 106 cm³/mol. The SMILES string of the molecule is C[C@H]1OCCN[C@@H]1C(=O)N1CCN(Cc2nc3ccccc3s2)CC1.Cl. The normalized spacial score (nSPS) is 24.4. The zero-order valence-corrected chi connectivity index (χ0v) is 16.5. The van der Waals surface area contributed by atoms with E-state index in [1.807, 2.05) is 17.9 Å². The number of rotatable bonds is 3. The molecule has 2 aliphatic heterocycles. The fraction of sp³-hybridized carbons (Fsp3) is 0.556. The number of hydrogen-bond acceptors (Lipinski definition) is 6. The number of amides is 1. The Labute approximate surface area is 163 Å². The molecule has 8 heteroatoms. The van der Waals surface area contributed by atoms with Crippen LogP contribution in [-0.2, 0) is 16.1 Å². The quantitative estimate of drug-likeness (QED) is 0.856. The van der Waals surface area contributed by atoms with Crippen LogP contribution in [0.25, 0.3) is 10.2 Å². The molecule has 0 aliphatic carbocycles. The molecule has 2 atom stereocenters. The monoisotopic (exact) mass is 396 g/mol. The molecule has 1 amide bonds. The van der Waals surface area contributed by atoms with Crippen LogP contribution in [0, 0.1) is 0 Å². The summed E-state index contributed by atoms with van der Waals surface area (Å²) in [7, 11) is 0. The Morgan fingerprint density at radius 2 is 2.08 bits per heavy atom. The van der Waals surface area contributed by atoms with Gasteiger partial charge in [-0.05, 0) is 19.1 Å². The van der Waals surface area contributed by atoms with E-state index in [-0.39, 0.29) is 30.5 Å². The highest BCUT2D eigenvalue weighted by Crippen LogP contribution is 2.23. The lowest BCUT2D eigenvalue weighted by molar-refractivity contribution is -0.141. The van der Waals surface area contributed by atoms with E-state index in [2.05, 4.69) is 28.4 Å². The maximum Gasteiger partial charge on any atom is 0.242 e. The molecule has 26 heavy (non-hydrogen) atoms. The molecule has 2 saturated heterocycles. The third-order valence-electron chi connectivity index (χ3n) is 4.96. The summed E-state index contributed by atoms with van der Waals surface area (Å²) in [5.41, 5.74) is 1.08. The molecule has 0 bridgehead atoms. The van der Waals surface area contributed by atoms with E-state index in [0.717, 1.165) is 49.8 Å². The second-order valence-electron chi connectivity index (χ2n) is 6.68. The summed E-state index contributed by atoms with van der Waals surface area (Å²) in [5.74, 6) is 0.173. The zero-order valence-electron chi connectivity index (χ0n) is 14.9. The van der Waals surface area contributed by atoms with Crippen LogP contribution in [0.2, 0.25) is 0 Å². The molecule has 1 aromatic carbocycles. The lowest BCUT2D eigenvalue weighted by atomic mass is 10.1. The van der Waals surface area contributed by atoms with Gasteiger partial charge in [-0.25, -0.2) is 4.98 Å². The van der Waals surface area contributed by atoms with Gasteiger partial charge in [-0.2, -0.15) is 0 Å². The maximum absolute atomic E-state index is 12.7. The topological polar surface area (TPSA) is 57.7 Å². The van der Waals surface area contributed by atoms with Crippen LogP contribution in [0.15, 0.2) is 24.3 Å². The summed E-state index contributed by atoms with van der Waals surface area (Å²) in [4.78, 5) is 21.8. The Kier molecular flexibility index (Phi) is 6.47. The molecule has 0 saturated carbocycles. The van der Waals surface area contributed by atoms with Gasteiger partial charge in [0.2, 0.25) is 5.91 Å². The number of halogens is 1. The molecule has 1 N–H and O–H groups in total. The Hall–Kier alpha value is -1.25. The average molecular weight is 397 g/mol. The van der Waals surface area contributed by atoms with E-state index in [1.165, 1.54) is 4.70 Å². The first-order valence-corrected chi connectivity index (χ1v) is 9.73. The number of piperazine rings is 1. The molecular weight excluding hydrogens is 372 g/mol. The standard InChI is InChI=1S/C18H24N4O2S.ClH/c1-13-17(19-6-11-24-13)18(23)22-9-7-21(8-10-22)12-16-20-14-4-2-3-5-15(14)25-16;/h2-5,13,17,19H,6-12H2,1H3;1H/t13-,17+;/m1./s1. The number of nitrogens with zero attached hydrogens (tertiary/aromatic N) is 3. The van der Waals surface area contributed by atoms with Crippen molar-refractivity contribution in [3.63, 3.8) is 0 Å². The van der Waals surface area contributed by atoms with Gasteiger partial charge < -0.3 is 15.0 Å². The first-order valence-electron chi connectivity index (χ1n) is 8.91. The van der Waals surface area contributed by atoms with Gasteiger partial charge in [0.25, 0.3) is 0 Å². The van der Waals surface area contributed by atoms with Gasteiger partial charge in [0.05, 0.1) is 29.5 Å². The summed E-state index contributed by atoms with van der Waals surface area (Å²) in [6.45, 7) is 7.59. The molecule has 2 aliphatic rings. The summed E-state index contributed by atoms with van der Waals surface area (Å²) in [6.07, 6.45) is -0.0537. The molecule has 0 spiro atoms. The van der Waals surface area contributed by atoms with Gasteiger partial charge in [-0.3, -0.25) is 9.69 Å². The van der Waals surface area contributed by atoms with E-state index >= 15 is 0 Å². The van der Waals surface area contributed by atoms with E-state index < -0.39 is 0 Å². The number of hydrogen-bond donors (Lipinski definition) is 1. The van der Waals surface area contributed by atoms with Gasteiger partial charge >= 0.3 is 0 Å². The van der Waals surface area contributed by atoms with Gasteiger partial charge in [-0.1, -0.05) is 12.1 Å². The lowest BCUT2D eigenvalue weighted by Gasteiger charge is -2.38. The number of aromatic nitrogens is 1. The summed E-state index contributed by atoms with van der Waals surface area (Å²) in [5, 5.41) is 4.44. The van der Waals surface area contributed by atoms with Crippen LogP contribution in [0.1, 0.15) is 11.9 Å². The Bertz CT molecular complexity index is 715. The smallest absolute Gasteiger partial charge is 0.242 e. The predicted octanol–water partition coefficient (Wildman–Crippen LogP) is 1.74. The van der Waals surface area contributed by atoms with E-state index in [1.54, 1.807) is 11.3 Å². The first-order chi connectivity index (χ1) is 12.2. The minimum absolute atomic E-state index is 0. The number of fused-ring (bicyclic) bond motifs is 1. The zero-order chi connectivity index (χ0) is 17.2. The van der Waals surface area contributed by atoms with E-state index in [0.29, 0.717) is 6.61 Å². The Morgan fingerprint density at radius 3 is 2.81 bits per heavy atom. The van der Waals surface area contributed by atoms with Gasteiger partial charge in [0.15, 0.2) is 0 Å². The fourth-order valence-electron chi connectivity index (χ4n) is 3.51. The molecule has 0 unspecified atom stereocenters. The van der Waals surface area contributed by atoms with Crippen molar-refractivity contribution in [3.05, 3.63) is 29.3 Å². The number of ether oxygens (including phenoxy) is 1. The van der Waals surface area contributed by atoms with E-state index in [9.17, 15) is 4.79 Å². The third-order valence-corrected chi connectivity index (χ3v) is 5.98. The van der Waals surface area contributed by atoms with Crippen molar-refractivity contribution in [2.45, 2.75) is 25.6 Å². The third kappa shape index (κ3) is 4.18. The van der Waals surface area contributed by atoms with Crippen molar-refractivity contribution < 1.29 is 9.53 Å². The van der Waals surface area contributed by atoms with Crippen LogP contribution in [0.4, 0.5) is 0 Å². The highest BCUT2D eigenvalue weighted by molar-refractivity contribution is 7.18. The first kappa shape index (κ1) is 19.5. The number of morpholine rings is 1. The van der Waals surface area contributed by atoms with Crippen molar-refractivity contribution in [2.24, 2.45) is 0 Å². The average Bonchev–Trinajstić information content (AvgIpc) is 3.04. The van der Waals surface area contributed by atoms with Crippen LogP contribution < -0.4 is 5.32 Å². The minimum atomic E-state index is -0.204. The number of nitrogens with one attached hydrogen (secondary N) is 1. The van der Waals surface area contributed by atoms with Crippen LogP contribution in [-0.4, -0.2) is 72.2 Å². The Balaban J connectivity index is 0.00000196. The molecule has 142 valence electrons. The summed E-state index contributed by atoms with van der Waals surface area (Å²) in [6, 6.07) is 8.06. The summed E-state index contributed by atoms with van der Waals surface area (Å²) < 4.78 is 6.84. The van der Waals surface area contributed by atoms with Crippen molar-refractivity contribution in [2.75, 3.05) is 39.3 Å². The number of benzene rings is 1. The highest BCUT2D eigenvalue weighted by Gasteiger charge is 2.33. The largest absolute Gasteiger partial charge is 0.375 e. The molecule has 4 rings (SSSR count). The molecule has 3 heterocycles. The fourth-order valence-corrected chi connectivity index (χ4v) is 4.52. The second kappa shape index (κ2) is 8.63. The highest BCUT2D eigenvalue weighted by atomic mass is 35.5. The Morgan fingerprint density at radius 1 is 1.31 bits per heavy atom. The van der Waals surface area contributed by atoms with Gasteiger partial charge in [0.1, 0.15) is 11.0 Å². The maximum atomic E-state index is 12.7. The second-order valence-corrected chi connectivity index (χ2v) is 7.80. The number of thiazole rings is 1. The lowest BCUT2D eigenvalue weighted by Crippen LogP contribution is -2.59. The number of carbonyl (C=O) groups is 1. The van der Waals surface area contributed by atoms with Crippen molar-refractivity contribution in [3.8, 4) is 0 Å². The number of para-hydroxylation sites is 1. The molecular formula is C18H25ClN4O2S. The van der Waals surface area contributed by atoms with E-state index in [4.69, 9.17) is 9.72 Å². The van der Waals surface area contributed by atoms with Crippen LogP contribution >= 0.6 is 23.7 Å². The summed E-state index contributed by atoms with van der Waals surface area (Å²) >= 11 is 1.76. The molecule has 1 aromatic heterocycles. The minimum Gasteiger partial charge on any atom is -0.375 e. The van der Waals surface area contributed by atoms with Gasteiger partial charge in [0, 0.05) is 32.7 Å². The van der Waals surface area contributed by atoms with Crippen molar-refractivity contribution in [1.82, 2.24) is 20.1 Å². The molecule has 0 radical (unpaired) electrons. The molecule has 6 nitrogen and oxygen atoms in total. The van der Waals surface area contributed by atoms with Gasteiger partial charge in [-0.15, -0.1) is 23.7 Å². The number of carbonyl (C=O) groups excluding carboxylic acids is 1. The van der Waals surface area contributed by atoms with Crippen molar-refractivity contribution in [1.29, 1.82) is 0 Å². The van der Waals surface area contributed by atoms with Crippen molar-refractivity contribution >= 4 is 39.9 Å². The van der Waals surface area contributed by atoms with Crippen LogP contribution in [0.3, 0.4) is 0 Å².